The zero-order valence-electron chi connectivity index (χ0n) is 12.9. The molecule has 0 spiro atoms. The molecule has 1 saturated heterocycles. The Morgan fingerprint density at radius 3 is 2.65 bits per heavy atom. The molecule has 0 radical (unpaired) electrons. The minimum atomic E-state index is -4.44. The third-order valence-electron chi connectivity index (χ3n) is 3.66. The van der Waals surface area contributed by atoms with Crippen LogP contribution in [0.15, 0.2) is 18.3 Å². The maximum absolute atomic E-state index is 12.3. The average molecular weight is 329 g/mol. The number of halogens is 3. The van der Waals surface area contributed by atoms with Crippen molar-refractivity contribution in [1.29, 1.82) is 0 Å². The second kappa shape index (κ2) is 6.55. The van der Waals surface area contributed by atoms with Gasteiger partial charge in [-0.25, -0.2) is 0 Å². The summed E-state index contributed by atoms with van der Waals surface area (Å²) in [6.45, 7) is 2.66. The van der Waals surface area contributed by atoms with Gasteiger partial charge in [0.2, 0.25) is 5.91 Å². The Bertz CT molecular complexity index is 585. The van der Waals surface area contributed by atoms with Crippen LogP contribution >= 0.6 is 0 Å². The highest BCUT2D eigenvalue weighted by atomic mass is 19.4. The predicted molar refractivity (Wildman–Crippen MR) is 76.8 cm³/mol. The molecule has 0 saturated carbocycles. The molecule has 1 fully saturated rings. The fourth-order valence-electron chi connectivity index (χ4n) is 2.36. The molecule has 1 aromatic heterocycles. The van der Waals surface area contributed by atoms with Gasteiger partial charge in [0.1, 0.15) is 18.3 Å². The van der Waals surface area contributed by atoms with Crippen LogP contribution in [0.4, 0.5) is 13.2 Å². The molecule has 0 bridgehead atoms. The smallest absolute Gasteiger partial charge is 0.339 e. The first kappa shape index (κ1) is 17.2. The summed E-state index contributed by atoms with van der Waals surface area (Å²) in [6.07, 6.45) is -2.71. The maximum atomic E-state index is 12.3. The molecule has 126 valence electrons. The van der Waals surface area contributed by atoms with E-state index in [-0.39, 0.29) is 24.6 Å². The van der Waals surface area contributed by atoms with Gasteiger partial charge in [-0.15, -0.1) is 0 Å². The van der Waals surface area contributed by atoms with Crippen LogP contribution in [-0.2, 0) is 4.79 Å². The molecular formula is C15H18F3N3O2. The minimum Gasteiger partial charge on any atom is -0.339 e. The first-order chi connectivity index (χ1) is 10.7. The topological polar surface area (TPSA) is 62.3 Å². The standard InChI is InChI=1S/C15H18F3N3O2/c1-9(2)10-3-4-11(19-7-10)13(22)20-12-5-6-21(14(12)23)8-15(16,17)18/h3-4,7,9,12H,5-6,8H2,1-2H3,(H,20,22). The molecule has 2 amide bonds. The van der Waals surface area contributed by atoms with Crippen molar-refractivity contribution in [2.45, 2.75) is 38.4 Å². The Kier molecular flexibility index (Phi) is 4.91. The predicted octanol–water partition coefficient (Wildman–Crippen LogP) is 2.10. The van der Waals surface area contributed by atoms with Crippen molar-refractivity contribution in [1.82, 2.24) is 15.2 Å². The van der Waals surface area contributed by atoms with Gasteiger partial charge in [0.05, 0.1) is 0 Å². The first-order valence-electron chi connectivity index (χ1n) is 7.29. The van der Waals surface area contributed by atoms with Gasteiger partial charge in [-0.3, -0.25) is 14.6 Å². The van der Waals surface area contributed by atoms with Crippen LogP contribution in [0.1, 0.15) is 42.2 Å². The van der Waals surface area contributed by atoms with Gasteiger partial charge in [0.15, 0.2) is 0 Å². The zero-order valence-corrected chi connectivity index (χ0v) is 12.9. The van der Waals surface area contributed by atoms with E-state index in [1.165, 1.54) is 6.07 Å². The van der Waals surface area contributed by atoms with Gasteiger partial charge in [-0.05, 0) is 24.0 Å². The van der Waals surface area contributed by atoms with Gasteiger partial charge in [-0.1, -0.05) is 19.9 Å². The van der Waals surface area contributed by atoms with E-state index in [4.69, 9.17) is 0 Å². The molecule has 1 atom stereocenters. The number of hydrogen-bond acceptors (Lipinski definition) is 3. The first-order valence-corrected chi connectivity index (χ1v) is 7.29. The fourth-order valence-corrected chi connectivity index (χ4v) is 2.36. The number of rotatable bonds is 4. The maximum Gasteiger partial charge on any atom is 0.406 e. The van der Waals surface area contributed by atoms with Gasteiger partial charge in [0.25, 0.3) is 5.91 Å². The SMILES string of the molecule is CC(C)c1ccc(C(=O)NC2CCN(CC(F)(F)F)C2=O)nc1. The van der Waals surface area contributed by atoms with E-state index in [1.807, 2.05) is 13.8 Å². The van der Waals surface area contributed by atoms with Crippen molar-refractivity contribution in [2.24, 2.45) is 0 Å². The van der Waals surface area contributed by atoms with E-state index in [0.29, 0.717) is 4.90 Å². The van der Waals surface area contributed by atoms with Crippen LogP contribution in [0.2, 0.25) is 0 Å². The average Bonchev–Trinajstić information content (AvgIpc) is 2.78. The number of likely N-dealkylation sites (tertiary alicyclic amines) is 1. The van der Waals surface area contributed by atoms with E-state index in [1.54, 1.807) is 12.3 Å². The highest BCUT2D eigenvalue weighted by Crippen LogP contribution is 2.21. The van der Waals surface area contributed by atoms with Crippen LogP contribution in [0.25, 0.3) is 0 Å². The van der Waals surface area contributed by atoms with Crippen LogP contribution in [0.5, 0.6) is 0 Å². The van der Waals surface area contributed by atoms with Crippen LogP contribution in [0.3, 0.4) is 0 Å². The summed E-state index contributed by atoms with van der Waals surface area (Å²) in [5.74, 6) is -1.01. The third-order valence-corrected chi connectivity index (χ3v) is 3.66. The Balaban J connectivity index is 1.97. The number of pyridine rings is 1. The molecule has 5 nitrogen and oxygen atoms in total. The summed E-state index contributed by atoms with van der Waals surface area (Å²) < 4.78 is 37.0. The number of hydrogen-bond donors (Lipinski definition) is 1. The molecule has 1 aliphatic heterocycles. The number of nitrogens with zero attached hydrogens (tertiary/aromatic N) is 2. The summed E-state index contributed by atoms with van der Waals surface area (Å²) in [5.41, 5.74) is 1.10. The van der Waals surface area contributed by atoms with Crippen molar-refractivity contribution in [3.8, 4) is 0 Å². The molecule has 1 aromatic rings. The molecular weight excluding hydrogens is 311 g/mol. The van der Waals surface area contributed by atoms with Crippen molar-refractivity contribution in [2.75, 3.05) is 13.1 Å². The number of aromatic nitrogens is 1. The quantitative estimate of drug-likeness (QED) is 0.920. The number of carbonyl (C=O) groups is 2. The normalized spacial score (nSPS) is 18.6. The molecule has 2 heterocycles. The second-order valence-corrected chi connectivity index (χ2v) is 5.82. The molecule has 0 aliphatic carbocycles. The van der Waals surface area contributed by atoms with E-state index in [9.17, 15) is 22.8 Å². The molecule has 1 aliphatic rings. The summed E-state index contributed by atoms with van der Waals surface area (Å²) >= 11 is 0. The van der Waals surface area contributed by atoms with Gasteiger partial charge in [-0.2, -0.15) is 13.2 Å². The summed E-state index contributed by atoms with van der Waals surface area (Å²) in [6, 6.07) is 2.37. The molecule has 8 heteroatoms. The van der Waals surface area contributed by atoms with E-state index >= 15 is 0 Å². The minimum absolute atomic E-state index is 0.0248. The summed E-state index contributed by atoms with van der Waals surface area (Å²) in [4.78, 5) is 28.7. The molecule has 1 N–H and O–H groups in total. The lowest BCUT2D eigenvalue weighted by Crippen LogP contribution is -2.44. The largest absolute Gasteiger partial charge is 0.406 e. The fraction of sp³-hybridized carbons (Fsp3) is 0.533. The number of carbonyl (C=O) groups excluding carboxylic acids is 2. The highest BCUT2D eigenvalue weighted by Gasteiger charge is 2.39. The number of nitrogens with one attached hydrogen (secondary N) is 1. The molecule has 2 rings (SSSR count). The van der Waals surface area contributed by atoms with Crippen molar-refractivity contribution in [3.05, 3.63) is 29.6 Å². The lowest BCUT2D eigenvalue weighted by Gasteiger charge is -2.18. The van der Waals surface area contributed by atoms with Crippen LogP contribution in [0, 0.1) is 0 Å². The van der Waals surface area contributed by atoms with Gasteiger partial charge in [0, 0.05) is 12.7 Å². The molecule has 23 heavy (non-hydrogen) atoms. The number of alkyl halides is 3. The van der Waals surface area contributed by atoms with Gasteiger partial charge < -0.3 is 10.2 Å². The third kappa shape index (κ3) is 4.43. The van der Waals surface area contributed by atoms with E-state index in [2.05, 4.69) is 10.3 Å². The van der Waals surface area contributed by atoms with Gasteiger partial charge >= 0.3 is 6.18 Å². The highest BCUT2D eigenvalue weighted by molar-refractivity contribution is 5.96. The summed E-state index contributed by atoms with van der Waals surface area (Å²) in [7, 11) is 0. The molecule has 0 aromatic carbocycles. The Hall–Kier alpha value is -2.12. The van der Waals surface area contributed by atoms with Crippen molar-refractivity contribution in [3.63, 3.8) is 0 Å². The summed E-state index contributed by atoms with van der Waals surface area (Å²) in [5, 5.41) is 2.45. The van der Waals surface area contributed by atoms with Crippen molar-refractivity contribution >= 4 is 11.8 Å². The second-order valence-electron chi connectivity index (χ2n) is 5.82. The lowest BCUT2D eigenvalue weighted by molar-refractivity contribution is -0.157. The van der Waals surface area contributed by atoms with Crippen LogP contribution < -0.4 is 5.32 Å². The van der Waals surface area contributed by atoms with Crippen LogP contribution in [-0.4, -0.2) is 47.0 Å². The Morgan fingerprint density at radius 1 is 1.43 bits per heavy atom. The van der Waals surface area contributed by atoms with E-state index in [0.717, 1.165) is 5.56 Å². The van der Waals surface area contributed by atoms with Crippen molar-refractivity contribution < 1.29 is 22.8 Å². The Morgan fingerprint density at radius 2 is 2.13 bits per heavy atom. The lowest BCUT2D eigenvalue weighted by atomic mass is 10.1. The zero-order chi connectivity index (χ0) is 17.2. The monoisotopic (exact) mass is 329 g/mol. The Labute approximate surface area is 131 Å². The molecule has 1 unspecified atom stereocenters. The number of amides is 2. The van der Waals surface area contributed by atoms with E-state index < -0.39 is 30.6 Å².